The lowest BCUT2D eigenvalue weighted by atomic mass is 10.4. The first-order valence-corrected chi connectivity index (χ1v) is 5.30. The van der Waals surface area contributed by atoms with E-state index in [2.05, 4.69) is 53.1 Å². The highest BCUT2D eigenvalue weighted by Crippen LogP contribution is 2.35. The van der Waals surface area contributed by atoms with E-state index in [0.29, 0.717) is 6.42 Å². The highest BCUT2D eigenvalue weighted by molar-refractivity contribution is 9.39. The predicted molar refractivity (Wildman–Crippen MR) is 54.0 cm³/mol. The van der Waals surface area contributed by atoms with E-state index in [-0.39, 0.29) is 5.91 Å². The van der Waals surface area contributed by atoms with Crippen LogP contribution in [0.4, 0.5) is 0 Å². The minimum atomic E-state index is -1.00. The minimum absolute atomic E-state index is 0.208. The molecule has 0 aromatic rings. The summed E-state index contributed by atoms with van der Waals surface area (Å²) in [6, 6.07) is 0. The summed E-state index contributed by atoms with van der Waals surface area (Å²) in [7, 11) is 0. The molecule has 0 aliphatic rings. The van der Waals surface area contributed by atoms with Gasteiger partial charge in [-0.25, -0.2) is 0 Å². The average Bonchev–Trinajstić information content (AvgIpc) is 1.85. The summed E-state index contributed by atoms with van der Waals surface area (Å²) in [5, 5.41) is 11.6. The number of carbonyl (C=O) groups excluding carboxylic acids is 1. The third-order valence-electron chi connectivity index (χ3n) is 0.929. The number of nitrogens with one attached hydrogen (secondary N) is 1. The second kappa shape index (κ2) is 4.79. The number of hydrogen-bond acceptors (Lipinski definition) is 2. The molecule has 1 unspecified atom stereocenters. The van der Waals surface area contributed by atoms with Crippen LogP contribution in [0, 0.1) is 0 Å². The Morgan fingerprint density at radius 3 is 2.36 bits per heavy atom. The summed E-state index contributed by atoms with van der Waals surface area (Å²) in [6.07, 6.45) is -0.657. The van der Waals surface area contributed by atoms with Crippen molar-refractivity contribution in [2.75, 3.05) is 0 Å². The normalized spacial score (nSPS) is 14.3. The Balaban J connectivity index is 3.87. The molecule has 0 radical (unpaired) electrons. The van der Waals surface area contributed by atoms with Gasteiger partial charge in [-0.2, -0.15) is 0 Å². The second-order valence-electron chi connectivity index (χ2n) is 1.87. The summed E-state index contributed by atoms with van der Waals surface area (Å²) in [6.45, 7) is 1.71. The Bertz CT molecular complexity index is 145. The van der Waals surface area contributed by atoms with Gasteiger partial charge in [0, 0.05) is 6.42 Å². The number of amides is 1. The van der Waals surface area contributed by atoms with Crippen molar-refractivity contribution in [3.8, 4) is 0 Å². The molecule has 0 fully saturated rings. The van der Waals surface area contributed by atoms with E-state index < -0.39 is 8.37 Å². The molecule has 0 aromatic carbocycles. The fraction of sp³-hybridized carbons (Fsp3) is 0.800. The van der Waals surface area contributed by atoms with Crippen LogP contribution >= 0.6 is 47.8 Å². The lowest BCUT2D eigenvalue weighted by Crippen LogP contribution is -2.42. The molecule has 0 aliphatic heterocycles. The highest BCUT2D eigenvalue weighted by Gasteiger charge is 2.29. The summed E-state index contributed by atoms with van der Waals surface area (Å²) in [4.78, 5) is 10.7. The fourth-order valence-electron chi connectivity index (χ4n) is 0.336. The van der Waals surface area contributed by atoms with Crippen LogP contribution in [0.5, 0.6) is 0 Å². The first-order chi connectivity index (χ1) is 4.88. The molecule has 0 aromatic heterocycles. The van der Waals surface area contributed by atoms with Crippen molar-refractivity contribution in [1.29, 1.82) is 0 Å². The van der Waals surface area contributed by atoms with E-state index in [4.69, 9.17) is 0 Å². The smallest absolute Gasteiger partial charge is 0.221 e. The van der Waals surface area contributed by atoms with Crippen LogP contribution < -0.4 is 5.32 Å². The Labute approximate surface area is 90.3 Å². The van der Waals surface area contributed by atoms with Gasteiger partial charge in [-0.15, -0.1) is 0 Å². The molecule has 6 heteroatoms. The minimum Gasteiger partial charge on any atom is -0.370 e. The quantitative estimate of drug-likeness (QED) is 0.586. The van der Waals surface area contributed by atoms with Crippen molar-refractivity contribution in [2.24, 2.45) is 0 Å². The topological polar surface area (TPSA) is 49.3 Å². The van der Waals surface area contributed by atoms with Crippen molar-refractivity contribution >= 4 is 53.7 Å². The van der Waals surface area contributed by atoms with Crippen molar-refractivity contribution < 1.29 is 9.90 Å². The van der Waals surface area contributed by atoms with Gasteiger partial charge >= 0.3 is 0 Å². The Hall–Kier alpha value is 0.870. The first-order valence-electron chi connectivity index (χ1n) is 2.92. The van der Waals surface area contributed by atoms with E-state index in [9.17, 15) is 9.90 Å². The molecule has 0 heterocycles. The van der Waals surface area contributed by atoms with Gasteiger partial charge in [-0.1, -0.05) is 54.7 Å². The Morgan fingerprint density at radius 1 is 1.64 bits per heavy atom. The number of carbonyl (C=O) groups is 1. The number of aliphatic hydroxyl groups excluding tert-OH is 1. The van der Waals surface area contributed by atoms with Crippen LogP contribution in [-0.2, 0) is 4.79 Å². The SMILES string of the molecule is CCC(=O)NC(O)C(Br)(Br)Br. The van der Waals surface area contributed by atoms with Gasteiger partial charge in [0.2, 0.25) is 5.91 Å². The molecule has 1 atom stereocenters. The Morgan fingerprint density at radius 2 is 2.09 bits per heavy atom. The molecule has 66 valence electrons. The van der Waals surface area contributed by atoms with E-state index in [1.165, 1.54) is 0 Å². The maximum atomic E-state index is 10.7. The van der Waals surface area contributed by atoms with Crippen LogP contribution in [0.25, 0.3) is 0 Å². The van der Waals surface area contributed by atoms with Crippen LogP contribution in [0.3, 0.4) is 0 Å². The molecule has 2 N–H and O–H groups in total. The van der Waals surface area contributed by atoms with Gasteiger partial charge in [-0.3, -0.25) is 4.79 Å². The molecule has 0 saturated carbocycles. The van der Waals surface area contributed by atoms with E-state index >= 15 is 0 Å². The molecule has 11 heavy (non-hydrogen) atoms. The zero-order chi connectivity index (χ0) is 9.07. The molecular formula is C5H8Br3NO2. The van der Waals surface area contributed by atoms with Crippen molar-refractivity contribution in [3.63, 3.8) is 0 Å². The molecule has 0 bridgehead atoms. The van der Waals surface area contributed by atoms with E-state index in [1.54, 1.807) is 6.92 Å². The van der Waals surface area contributed by atoms with Gasteiger partial charge in [0.1, 0.15) is 0 Å². The zero-order valence-electron chi connectivity index (χ0n) is 5.77. The summed E-state index contributed by atoms with van der Waals surface area (Å²) < 4.78 is -0.849. The van der Waals surface area contributed by atoms with E-state index in [0.717, 1.165) is 0 Å². The molecule has 0 saturated heterocycles. The molecule has 1 amide bonds. The second-order valence-corrected chi connectivity index (χ2v) is 8.81. The molecule has 0 aliphatic carbocycles. The van der Waals surface area contributed by atoms with Gasteiger partial charge in [0.05, 0.1) is 0 Å². The third-order valence-corrected chi connectivity index (χ3v) is 2.23. The lowest BCUT2D eigenvalue weighted by molar-refractivity contribution is -0.123. The van der Waals surface area contributed by atoms with Gasteiger partial charge in [-0.05, 0) is 0 Å². The van der Waals surface area contributed by atoms with Crippen molar-refractivity contribution in [3.05, 3.63) is 0 Å². The lowest BCUT2D eigenvalue weighted by Gasteiger charge is -2.20. The monoisotopic (exact) mass is 351 g/mol. The number of halogens is 3. The van der Waals surface area contributed by atoms with Crippen LogP contribution in [0.2, 0.25) is 0 Å². The summed E-state index contributed by atoms with van der Waals surface area (Å²) in [5.41, 5.74) is 0. The fourth-order valence-corrected chi connectivity index (χ4v) is 0.680. The Kier molecular flexibility index (Phi) is 5.17. The maximum absolute atomic E-state index is 10.7. The third kappa shape index (κ3) is 5.16. The summed E-state index contributed by atoms with van der Waals surface area (Å²) in [5.74, 6) is -0.208. The predicted octanol–water partition coefficient (Wildman–Crippen LogP) is 1.67. The molecule has 0 rings (SSSR count). The van der Waals surface area contributed by atoms with Crippen molar-refractivity contribution in [1.82, 2.24) is 5.32 Å². The largest absolute Gasteiger partial charge is 0.370 e. The van der Waals surface area contributed by atoms with Crippen molar-refractivity contribution in [2.45, 2.75) is 21.7 Å². The summed E-state index contributed by atoms with van der Waals surface area (Å²) >= 11 is 9.21. The zero-order valence-corrected chi connectivity index (χ0v) is 10.5. The molecular weight excluding hydrogens is 346 g/mol. The van der Waals surface area contributed by atoms with Gasteiger partial charge in [0.25, 0.3) is 0 Å². The number of hydrogen-bond donors (Lipinski definition) is 2. The average molecular weight is 354 g/mol. The van der Waals surface area contributed by atoms with Gasteiger partial charge < -0.3 is 10.4 Å². The first kappa shape index (κ1) is 11.9. The molecule has 3 nitrogen and oxygen atoms in total. The number of rotatable bonds is 2. The standard InChI is InChI=1S/C5H8Br3NO2/c1-2-3(10)9-4(11)5(6,7)8/h4,11H,2H2,1H3,(H,9,10). The number of alkyl halides is 3. The van der Waals surface area contributed by atoms with Crippen LogP contribution in [0.15, 0.2) is 0 Å². The number of aliphatic hydroxyl groups is 1. The van der Waals surface area contributed by atoms with Crippen LogP contribution in [0.1, 0.15) is 13.3 Å². The maximum Gasteiger partial charge on any atom is 0.221 e. The van der Waals surface area contributed by atoms with E-state index in [1.807, 2.05) is 0 Å². The van der Waals surface area contributed by atoms with Crippen LogP contribution in [-0.4, -0.2) is 19.4 Å². The highest BCUT2D eigenvalue weighted by atomic mass is 80.0. The molecule has 0 spiro atoms. The van der Waals surface area contributed by atoms with Gasteiger partial charge in [0.15, 0.2) is 8.37 Å².